The first-order valence-electron chi connectivity index (χ1n) is 7.73. The van der Waals surface area contributed by atoms with E-state index in [9.17, 15) is 23.3 Å². The lowest BCUT2D eigenvalue weighted by atomic mass is 10.2. The Morgan fingerprint density at radius 2 is 1.80 bits per heavy atom. The first-order chi connectivity index (χ1) is 11.5. The fourth-order valence-corrected chi connectivity index (χ4v) is 3.81. The second-order valence-electron chi connectivity index (χ2n) is 6.63. The van der Waals surface area contributed by atoms with E-state index in [1.165, 1.54) is 27.4 Å². The van der Waals surface area contributed by atoms with Gasteiger partial charge in [0.2, 0.25) is 10.0 Å². The summed E-state index contributed by atoms with van der Waals surface area (Å²) < 4.78 is 31.8. The summed E-state index contributed by atoms with van der Waals surface area (Å²) in [5.41, 5.74) is -0.906. The Morgan fingerprint density at radius 3 is 2.32 bits per heavy atom. The lowest BCUT2D eigenvalue weighted by molar-refractivity contribution is -0.385. The average molecular weight is 371 g/mol. The van der Waals surface area contributed by atoms with Crippen LogP contribution in [0.5, 0.6) is 0 Å². The van der Waals surface area contributed by atoms with Crippen molar-refractivity contribution in [3.8, 4) is 0 Å². The number of carbonyl (C=O) groups excluding carboxylic acids is 1. The van der Waals surface area contributed by atoms with Crippen molar-refractivity contribution in [1.82, 2.24) is 9.21 Å². The molecule has 1 fully saturated rings. The molecule has 1 saturated heterocycles. The maximum absolute atomic E-state index is 12.6. The van der Waals surface area contributed by atoms with Crippen molar-refractivity contribution in [2.24, 2.45) is 0 Å². The monoisotopic (exact) mass is 371 g/mol. The molecule has 0 aromatic heterocycles. The molecule has 0 aliphatic carbocycles. The number of nitrogens with zero attached hydrogens (tertiary/aromatic N) is 3. The SMILES string of the molecule is CC(C)(C)OC(=O)N1CCN(S(=O)(=O)c2cccc([N+](=O)[O-])c2)CC1. The van der Waals surface area contributed by atoms with E-state index in [0.717, 1.165) is 6.07 Å². The van der Waals surface area contributed by atoms with Crippen LogP contribution in [0.1, 0.15) is 20.8 Å². The van der Waals surface area contributed by atoms with E-state index in [4.69, 9.17) is 4.74 Å². The number of sulfonamides is 1. The summed E-state index contributed by atoms with van der Waals surface area (Å²) in [4.78, 5) is 23.5. The molecule has 25 heavy (non-hydrogen) atoms. The van der Waals surface area contributed by atoms with Gasteiger partial charge in [-0.25, -0.2) is 13.2 Å². The van der Waals surface area contributed by atoms with E-state index < -0.39 is 26.6 Å². The molecule has 138 valence electrons. The van der Waals surface area contributed by atoms with Gasteiger partial charge in [-0.2, -0.15) is 4.31 Å². The van der Waals surface area contributed by atoms with Crippen LogP contribution in [0, 0.1) is 10.1 Å². The number of hydrogen-bond acceptors (Lipinski definition) is 6. The Kier molecular flexibility index (Phi) is 5.33. The Labute approximate surface area is 146 Å². The van der Waals surface area contributed by atoms with Gasteiger partial charge in [0.15, 0.2) is 0 Å². The van der Waals surface area contributed by atoms with E-state index in [2.05, 4.69) is 0 Å². The smallest absolute Gasteiger partial charge is 0.410 e. The third-order valence-electron chi connectivity index (χ3n) is 3.56. The third-order valence-corrected chi connectivity index (χ3v) is 5.45. The second kappa shape index (κ2) is 6.96. The van der Waals surface area contributed by atoms with Gasteiger partial charge in [0, 0.05) is 38.3 Å². The van der Waals surface area contributed by atoms with Crippen molar-refractivity contribution in [2.45, 2.75) is 31.3 Å². The molecule has 0 unspecified atom stereocenters. The van der Waals surface area contributed by atoms with Crippen LogP contribution in [0.3, 0.4) is 0 Å². The van der Waals surface area contributed by atoms with Gasteiger partial charge in [-0.05, 0) is 26.8 Å². The third kappa shape index (κ3) is 4.67. The fraction of sp³-hybridized carbons (Fsp3) is 0.533. The molecule has 0 N–H and O–H groups in total. The van der Waals surface area contributed by atoms with E-state index in [1.54, 1.807) is 20.8 Å². The first kappa shape index (κ1) is 19.1. The second-order valence-corrected chi connectivity index (χ2v) is 8.56. The highest BCUT2D eigenvalue weighted by Gasteiger charge is 2.32. The molecule has 10 heteroatoms. The van der Waals surface area contributed by atoms with Crippen LogP contribution in [-0.4, -0.2) is 60.4 Å². The average Bonchev–Trinajstić information content (AvgIpc) is 2.53. The molecule has 9 nitrogen and oxygen atoms in total. The highest BCUT2D eigenvalue weighted by atomic mass is 32.2. The molecule has 1 heterocycles. The molecule has 0 bridgehead atoms. The van der Waals surface area contributed by atoms with Crippen LogP contribution in [-0.2, 0) is 14.8 Å². The Balaban J connectivity index is 2.08. The minimum atomic E-state index is -3.85. The molecular weight excluding hydrogens is 350 g/mol. The number of carbonyl (C=O) groups is 1. The Hall–Kier alpha value is -2.20. The van der Waals surface area contributed by atoms with Gasteiger partial charge in [0.05, 0.1) is 9.82 Å². The Bertz CT molecular complexity index is 764. The lowest BCUT2D eigenvalue weighted by Gasteiger charge is -2.34. The van der Waals surface area contributed by atoms with Crippen LogP contribution in [0.4, 0.5) is 10.5 Å². The highest BCUT2D eigenvalue weighted by molar-refractivity contribution is 7.89. The lowest BCUT2D eigenvalue weighted by Crippen LogP contribution is -2.51. The van der Waals surface area contributed by atoms with E-state index in [-0.39, 0.29) is 36.8 Å². The zero-order valence-corrected chi connectivity index (χ0v) is 15.2. The number of amides is 1. The zero-order valence-electron chi connectivity index (χ0n) is 14.3. The maximum Gasteiger partial charge on any atom is 0.410 e. The number of rotatable bonds is 3. The predicted molar refractivity (Wildman–Crippen MR) is 89.7 cm³/mol. The number of piperazine rings is 1. The molecule has 1 aliphatic rings. The summed E-state index contributed by atoms with van der Waals surface area (Å²) in [5.74, 6) is 0. The van der Waals surface area contributed by atoms with Gasteiger partial charge in [-0.3, -0.25) is 10.1 Å². The summed E-state index contributed by atoms with van der Waals surface area (Å²) in [6, 6.07) is 4.93. The van der Waals surface area contributed by atoms with Crippen molar-refractivity contribution in [1.29, 1.82) is 0 Å². The van der Waals surface area contributed by atoms with Crippen molar-refractivity contribution in [3.05, 3.63) is 34.4 Å². The number of hydrogen-bond donors (Lipinski definition) is 0. The molecule has 1 amide bonds. The van der Waals surface area contributed by atoms with Crippen molar-refractivity contribution < 1.29 is 22.9 Å². The molecule has 1 aromatic carbocycles. The van der Waals surface area contributed by atoms with Crippen LogP contribution in [0.2, 0.25) is 0 Å². The zero-order chi connectivity index (χ0) is 18.8. The largest absolute Gasteiger partial charge is 0.444 e. The molecule has 0 radical (unpaired) electrons. The number of ether oxygens (including phenoxy) is 1. The standard InChI is InChI=1S/C15H21N3O6S/c1-15(2,3)24-14(19)16-7-9-17(10-8-16)25(22,23)13-6-4-5-12(11-13)18(20)21/h4-6,11H,7-10H2,1-3H3. The number of non-ortho nitro benzene ring substituents is 1. The highest BCUT2D eigenvalue weighted by Crippen LogP contribution is 2.22. The summed E-state index contributed by atoms with van der Waals surface area (Å²) in [7, 11) is -3.85. The van der Waals surface area contributed by atoms with Crippen LogP contribution >= 0.6 is 0 Å². The van der Waals surface area contributed by atoms with Gasteiger partial charge in [-0.1, -0.05) is 6.07 Å². The molecule has 1 aromatic rings. The van der Waals surface area contributed by atoms with Crippen molar-refractivity contribution >= 4 is 21.8 Å². The van der Waals surface area contributed by atoms with Gasteiger partial charge < -0.3 is 9.64 Å². The molecule has 1 aliphatic heterocycles. The normalized spacial score (nSPS) is 16.5. The van der Waals surface area contributed by atoms with Crippen LogP contribution in [0.15, 0.2) is 29.2 Å². The first-order valence-corrected chi connectivity index (χ1v) is 9.17. The van der Waals surface area contributed by atoms with E-state index in [1.807, 2.05) is 0 Å². The summed E-state index contributed by atoms with van der Waals surface area (Å²) in [6.07, 6.45) is -0.486. The topological polar surface area (TPSA) is 110 Å². The van der Waals surface area contributed by atoms with E-state index >= 15 is 0 Å². The molecule has 0 saturated carbocycles. The number of benzene rings is 1. The summed E-state index contributed by atoms with van der Waals surface area (Å²) >= 11 is 0. The molecule has 2 rings (SSSR count). The maximum atomic E-state index is 12.6. The van der Waals surface area contributed by atoms with Crippen molar-refractivity contribution in [2.75, 3.05) is 26.2 Å². The van der Waals surface area contributed by atoms with Crippen LogP contribution in [0.25, 0.3) is 0 Å². The number of nitro groups is 1. The summed E-state index contributed by atoms with van der Waals surface area (Å²) in [5, 5.41) is 10.8. The quantitative estimate of drug-likeness (QED) is 0.592. The van der Waals surface area contributed by atoms with Gasteiger partial charge in [0.25, 0.3) is 5.69 Å². The molecule has 0 atom stereocenters. The van der Waals surface area contributed by atoms with Crippen molar-refractivity contribution in [3.63, 3.8) is 0 Å². The van der Waals surface area contributed by atoms with Gasteiger partial charge >= 0.3 is 6.09 Å². The van der Waals surface area contributed by atoms with Gasteiger partial charge in [-0.15, -0.1) is 0 Å². The minimum absolute atomic E-state index is 0.101. The predicted octanol–water partition coefficient (Wildman–Crippen LogP) is 1.84. The van der Waals surface area contributed by atoms with Crippen LogP contribution < -0.4 is 0 Å². The molecular formula is C15H21N3O6S. The summed E-state index contributed by atoms with van der Waals surface area (Å²) in [6.45, 7) is 5.87. The van der Waals surface area contributed by atoms with E-state index in [0.29, 0.717) is 0 Å². The Morgan fingerprint density at radius 1 is 1.20 bits per heavy atom. The fourth-order valence-electron chi connectivity index (χ4n) is 2.34. The molecule has 0 spiro atoms. The number of nitro benzene ring substituents is 1. The van der Waals surface area contributed by atoms with Gasteiger partial charge in [0.1, 0.15) is 5.60 Å². The minimum Gasteiger partial charge on any atom is -0.444 e.